The first kappa shape index (κ1) is 28.4. The fourth-order valence-electron chi connectivity index (χ4n) is 4.33. The second kappa shape index (κ2) is 14.5. The van der Waals surface area contributed by atoms with Crippen LogP contribution in [-0.2, 0) is 19.0 Å². The predicted octanol–water partition coefficient (Wildman–Crippen LogP) is 9.16. The van der Waals surface area contributed by atoms with Gasteiger partial charge in [0.1, 0.15) is 5.01 Å². The zero-order valence-corrected chi connectivity index (χ0v) is 21.8. The van der Waals surface area contributed by atoms with Gasteiger partial charge in [0.25, 0.3) is 0 Å². The van der Waals surface area contributed by atoms with E-state index in [-0.39, 0.29) is 0 Å². The van der Waals surface area contributed by atoms with Crippen molar-refractivity contribution in [3.8, 4) is 10.6 Å². The highest BCUT2D eigenvalue weighted by molar-refractivity contribution is 7.13. The lowest BCUT2D eigenvalue weighted by atomic mass is 9.98. The highest BCUT2D eigenvalue weighted by Crippen LogP contribution is 2.30. The molecule has 1 unspecified atom stereocenters. The number of nitrogens with zero attached hydrogens (tertiary/aromatic N) is 1. The summed E-state index contributed by atoms with van der Waals surface area (Å²) in [5.41, 5.74) is 5.34. The molecule has 3 nitrogen and oxygen atoms in total. The predicted molar refractivity (Wildman–Crippen MR) is 141 cm³/mol. The monoisotopic (exact) mass is 518 g/mol. The molecule has 0 fully saturated rings. The van der Waals surface area contributed by atoms with E-state index in [4.69, 9.17) is 4.98 Å². The Morgan fingerprint density at radius 3 is 2.06 bits per heavy atom. The van der Waals surface area contributed by atoms with Crippen molar-refractivity contribution in [1.82, 2.24) is 10.5 Å². The maximum absolute atomic E-state index is 12.8. The maximum Gasteiger partial charge on any atom is 0.416 e. The molecule has 7 heteroatoms. The minimum Gasteiger partial charge on any atom is -0.316 e. The summed E-state index contributed by atoms with van der Waals surface area (Å²) in [5, 5.41) is 12.8. The molecule has 196 valence electrons. The van der Waals surface area contributed by atoms with E-state index in [2.05, 4.69) is 17.8 Å². The van der Waals surface area contributed by atoms with Crippen molar-refractivity contribution < 1.29 is 18.4 Å². The highest BCUT2D eigenvalue weighted by Gasteiger charge is 2.30. The van der Waals surface area contributed by atoms with Gasteiger partial charge in [-0.1, -0.05) is 94.7 Å². The molecule has 0 aliphatic rings. The van der Waals surface area contributed by atoms with Gasteiger partial charge in [-0.05, 0) is 42.5 Å². The molecule has 0 amide bonds. The van der Waals surface area contributed by atoms with Gasteiger partial charge in [-0.25, -0.2) is 4.98 Å². The van der Waals surface area contributed by atoms with Crippen LogP contribution in [0.5, 0.6) is 0 Å². The molecule has 36 heavy (non-hydrogen) atoms. The average molecular weight is 519 g/mol. The van der Waals surface area contributed by atoms with Crippen LogP contribution in [0.15, 0.2) is 53.9 Å². The number of unbranched alkanes of at least 4 members (excludes halogenated alkanes) is 8. The molecule has 3 rings (SSSR count). The third kappa shape index (κ3) is 9.02. The Morgan fingerprint density at radius 2 is 1.47 bits per heavy atom. The number of hydrogen-bond donors (Lipinski definition) is 2. The van der Waals surface area contributed by atoms with Crippen LogP contribution in [0.2, 0.25) is 0 Å². The molecule has 0 saturated carbocycles. The zero-order chi connectivity index (χ0) is 25.8. The van der Waals surface area contributed by atoms with Gasteiger partial charge in [-0.15, -0.1) is 11.3 Å². The second-order valence-corrected chi connectivity index (χ2v) is 10.3. The van der Waals surface area contributed by atoms with E-state index in [1.807, 2.05) is 24.3 Å². The van der Waals surface area contributed by atoms with Crippen molar-refractivity contribution in [2.75, 3.05) is 0 Å². The first-order chi connectivity index (χ1) is 17.4. The molecule has 0 radical (unpaired) electrons. The minimum absolute atomic E-state index is 0.369. The Labute approximate surface area is 216 Å². The summed E-state index contributed by atoms with van der Waals surface area (Å²) < 4.78 is 38.4. The standard InChI is InChI=1S/C29H37F3N2OS/c1-2-3-4-5-6-7-8-9-10-11-26-21-36-28(33-26)24-16-14-23(15-17-24)27(34-35)20-22-12-18-25(19-13-22)29(30,31)32/h12-19,21,27,34-35H,2-11,20H2,1H3. The molecule has 0 aliphatic carbocycles. The van der Waals surface area contributed by atoms with Gasteiger partial charge in [-0.3, -0.25) is 0 Å². The van der Waals surface area contributed by atoms with Crippen molar-refractivity contribution in [2.45, 2.75) is 89.8 Å². The molecule has 3 aromatic rings. The first-order valence-electron chi connectivity index (χ1n) is 13.0. The molecular formula is C29H37F3N2OS. The van der Waals surface area contributed by atoms with Crippen LogP contribution in [-0.4, -0.2) is 10.2 Å². The topological polar surface area (TPSA) is 45.1 Å². The summed E-state index contributed by atoms with van der Waals surface area (Å²) in [6, 6.07) is 12.4. The van der Waals surface area contributed by atoms with Gasteiger partial charge in [0.2, 0.25) is 0 Å². The largest absolute Gasteiger partial charge is 0.416 e. The Hall–Kier alpha value is -2.22. The van der Waals surface area contributed by atoms with Gasteiger partial charge in [0.05, 0.1) is 17.3 Å². The van der Waals surface area contributed by atoms with Gasteiger partial charge in [-0.2, -0.15) is 18.7 Å². The quantitative estimate of drug-likeness (QED) is 0.156. The van der Waals surface area contributed by atoms with E-state index >= 15 is 0 Å². The summed E-state index contributed by atoms with van der Waals surface area (Å²) in [4.78, 5) is 4.80. The van der Waals surface area contributed by atoms with Gasteiger partial charge < -0.3 is 5.21 Å². The molecule has 1 aromatic heterocycles. The number of aryl methyl sites for hydroxylation is 1. The first-order valence-corrected chi connectivity index (χ1v) is 13.9. The molecule has 2 aromatic carbocycles. The molecule has 0 bridgehead atoms. The number of rotatable bonds is 15. The van der Waals surface area contributed by atoms with Crippen molar-refractivity contribution in [3.05, 3.63) is 76.3 Å². The van der Waals surface area contributed by atoms with E-state index in [1.54, 1.807) is 11.3 Å². The number of aromatic nitrogens is 1. The summed E-state index contributed by atoms with van der Waals surface area (Å²) in [6.07, 6.45) is 8.83. The lowest BCUT2D eigenvalue weighted by Crippen LogP contribution is -2.19. The van der Waals surface area contributed by atoms with Gasteiger partial charge in [0.15, 0.2) is 0 Å². The van der Waals surface area contributed by atoms with Crippen LogP contribution >= 0.6 is 11.3 Å². The number of hydrogen-bond acceptors (Lipinski definition) is 4. The molecule has 0 aliphatic heterocycles. The molecule has 0 saturated heterocycles. The molecule has 1 heterocycles. The summed E-state index contributed by atoms with van der Waals surface area (Å²) in [6.45, 7) is 2.25. The molecule has 2 N–H and O–H groups in total. The van der Waals surface area contributed by atoms with Crippen molar-refractivity contribution in [1.29, 1.82) is 0 Å². The molecule has 1 atom stereocenters. The van der Waals surface area contributed by atoms with Crippen molar-refractivity contribution in [3.63, 3.8) is 0 Å². The van der Waals surface area contributed by atoms with Crippen LogP contribution in [0.1, 0.15) is 93.1 Å². The highest BCUT2D eigenvalue weighted by atomic mass is 32.1. The average Bonchev–Trinajstić information content (AvgIpc) is 3.35. The van der Waals surface area contributed by atoms with Crippen molar-refractivity contribution in [2.24, 2.45) is 0 Å². The third-order valence-electron chi connectivity index (χ3n) is 6.53. The Balaban J connectivity index is 1.47. The number of alkyl halides is 3. The Kier molecular flexibility index (Phi) is 11.4. The number of nitrogens with one attached hydrogen (secondary N) is 1. The van der Waals surface area contributed by atoms with E-state index in [0.29, 0.717) is 12.0 Å². The van der Waals surface area contributed by atoms with E-state index in [1.165, 1.54) is 69.9 Å². The number of halogens is 3. The summed E-state index contributed by atoms with van der Waals surface area (Å²) in [5.74, 6) is 0. The minimum atomic E-state index is -4.35. The smallest absolute Gasteiger partial charge is 0.316 e. The summed E-state index contributed by atoms with van der Waals surface area (Å²) >= 11 is 1.64. The fraction of sp³-hybridized carbons (Fsp3) is 0.483. The number of thiazole rings is 1. The maximum atomic E-state index is 12.8. The van der Waals surface area contributed by atoms with Crippen LogP contribution in [0.4, 0.5) is 13.2 Å². The Morgan fingerprint density at radius 1 is 0.861 bits per heavy atom. The van der Waals surface area contributed by atoms with Crippen LogP contribution < -0.4 is 5.48 Å². The second-order valence-electron chi connectivity index (χ2n) is 9.42. The SMILES string of the molecule is CCCCCCCCCCCc1csc(-c2ccc(C(Cc3ccc(C(F)(F)F)cc3)NO)cc2)n1. The number of benzene rings is 2. The lowest BCUT2D eigenvalue weighted by Gasteiger charge is -2.16. The van der Waals surface area contributed by atoms with Crippen LogP contribution in [0.25, 0.3) is 10.6 Å². The van der Waals surface area contributed by atoms with Crippen LogP contribution in [0, 0.1) is 0 Å². The van der Waals surface area contributed by atoms with Gasteiger partial charge in [0, 0.05) is 10.9 Å². The van der Waals surface area contributed by atoms with E-state index in [9.17, 15) is 18.4 Å². The number of hydroxylamine groups is 1. The van der Waals surface area contributed by atoms with Crippen LogP contribution in [0.3, 0.4) is 0 Å². The molecular weight excluding hydrogens is 481 g/mol. The van der Waals surface area contributed by atoms with Crippen molar-refractivity contribution >= 4 is 11.3 Å². The zero-order valence-electron chi connectivity index (χ0n) is 21.0. The normalized spacial score (nSPS) is 12.7. The summed E-state index contributed by atoms with van der Waals surface area (Å²) in [7, 11) is 0. The fourth-order valence-corrected chi connectivity index (χ4v) is 5.19. The molecule has 0 spiro atoms. The van der Waals surface area contributed by atoms with Gasteiger partial charge >= 0.3 is 6.18 Å². The van der Waals surface area contributed by atoms with E-state index < -0.39 is 17.8 Å². The lowest BCUT2D eigenvalue weighted by molar-refractivity contribution is -0.137. The third-order valence-corrected chi connectivity index (χ3v) is 7.47. The Bertz CT molecular complexity index is 1020. The van der Waals surface area contributed by atoms with E-state index in [0.717, 1.165) is 40.4 Å².